The number of piperidine rings is 1. The third-order valence-corrected chi connectivity index (χ3v) is 7.26. The number of carbonyl (C=O) groups excluding carboxylic acids is 1. The van der Waals surface area contributed by atoms with E-state index in [1.54, 1.807) is 0 Å². The minimum Gasteiger partial charge on any atom is -0.356 e. The Labute approximate surface area is 208 Å². The zero-order valence-electron chi connectivity index (χ0n) is 20.9. The Morgan fingerprint density at radius 3 is 2.29 bits per heavy atom. The molecule has 0 aliphatic carbocycles. The van der Waals surface area contributed by atoms with E-state index in [0.717, 1.165) is 60.6 Å². The van der Waals surface area contributed by atoms with Crippen molar-refractivity contribution in [3.63, 3.8) is 0 Å². The molecular formula is C29H35N5O. The number of aromatic nitrogens is 2. The van der Waals surface area contributed by atoms with Crippen LogP contribution in [0.5, 0.6) is 0 Å². The molecule has 1 fully saturated rings. The maximum absolute atomic E-state index is 13.1. The number of nitrogens with zero attached hydrogens (tertiary/aromatic N) is 5. The van der Waals surface area contributed by atoms with E-state index in [-0.39, 0.29) is 5.91 Å². The Bertz CT molecular complexity index is 1140. The van der Waals surface area contributed by atoms with Crippen LogP contribution < -0.4 is 9.80 Å². The minimum atomic E-state index is 0.172. The molecule has 0 atom stereocenters. The molecule has 0 saturated carbocycles. The molecule has 0 radical (unpaired) electrons. The van der Waals surface area contributed by atoms with Crippen molar-refractivity contribution in [2.45, 2.75) is 45.7 Å². The van der Waals surface area contributed by atoms with Crippen LogP contribution >= 0.6 is 0 Å². The molecule has 6 nitrogen and oxygen atoms in total. The molecule has 0 bridgehead atoms. The first-order valence-corrected chi connectivity index (χ1v) is 12.8. The third-order valence-electron chi connectivity index (χ3n) is 7.26. The molecule has 5 rings (SSSR count). The Morgan fingerprint density at radius 2 is 1.60 bits per heavy atom. The second-order valence-corrected chi connectivity index (χ2v) is 10.0. The molecule has 0 spiro atoms. The summed E-state index contributed by atoms with van der Waals surface area (Å²) in [5.74, 6) is 2.71. The van der Waals surface area contributed by atoms with Crippen molar-refractivity contribution in [1.82, 2.24) is 14.9 Å². The van der Waals surface area contributed by atoms with Crippen molar-refractivity contribution in [3.05, 3.63) is 83.0 Å². The van der Waals surface area contributed by atoms with Crippen molar-refractivity contribution in [2.75, 3.05) is 36.5 Å². The van der Waals surface area contributed by atoms with Gasteiger partial charge in [-0.15, -0.1) is 0 Å². The van der Waals surface area contributed by atoms with Gasteiger partial charge in [0.2, 0.25) is 11.9 Å². The van der Waals surface area contributed by atoms with E-state index in [4.69, 9.17) is 9.97 Å². The predicted molar refractivity (Wildman–Crippen MR) is 140 cm³/mol. The Morgan fingerprint density at radius 1 is 0.943 bits per heavy atom. The molecule has 2 aliphatic rings. The van der Waals surface area contributed by atoms with Crippen molar-refractivity contribution in [2.24, 2.45) is 5.92 Å². The summed E-state index contributed by atoms with van der Waals surface area (Å²) in [6, 6.07) is 20.5. The van der Waals surface area contributed by atoms with Gasteiger partial charge in [-0.2, -0.15) is 4.98 Å². The highest BCUT2D eigenvalue weighted by molar-refractivity contribution is 5.79. The summed E-state index contributed by atoms with van der Waals surface area (Å²) in [7, 11) is 2.06. The maximum Gasteiger partial charge on any atom is 0.227 e. The monoisotopic (exact) mass is 469 g/mol. The first-order chi connectivity index (χ1) is 17.1. The lowest BCUT2D eigenvalue weighted by Gasteiger charge is -2.36. The fraction of sp³-hybridized carbons (Fsp3) is 0.414. The number of carbonyl (C=O) groups is 1. The van der Waals surface area contributed by atoms with Gasteiger partial charge in [0.15, 0.2) is 0 Å². The summed E-state index contributed by atoms with van der Waals surface area (Å²) in [6.07, 6.45) is 3.54. The second-order valence-electron chi connectivity index (χ2n) is 10.0. The first kappa shape index (κ1) is 23.3. The van der Waals surface area contributed by atoms with E-state index < -0.39 is 0 Å². The molecule has 2 aromatic carbocycles. The van der Waals surface area contributed by atoms with Gasteiger partial charge in [0.05, 0.1) is 18.7 Å². The smallest absolute Gasteiger partial charge is 0.227 e. The molecule has 3 heterocycles. The molecular weight excluding hydrogens is 434 g/mol. The van der Waals surface area contributed by atoms with Gasteiger partial charge in [0.25, 0.3) is 0 Å². The third kappa shape index (κ3) is 5.47. The highest BCUT2D eigenvalue weighted by Gasteiger charge is 2.29. The van der Waals surface area contributed by atoms with Crippen LogP contribution in [0.2, 0.25) is 0 Å². The summed E-state index contributed by atoms with van der Waals surface area (Å²) in [5.41, 5.74) is 4.52. The number of hydrogen-bond donors (Lipinski definition) is 0. The largest absolute Gasteiger partial charge is 0.356 e. The first-order valence-electron chi connectivity index (χ1n) is 12.8. The summed E-state index contributed by atoms with van der Waals surface area (Å²) in [6.45, 7) is 6.39. The molecule has 1 aromatic heterocycles. The number of hydrogen-bond acceptors (Lipinski definition) is 5. The summed E-state index contributed by atoms with van der Waals surface area (Å²) >= 11 is 0. The van der Waals surface area contributed by atoms with Crippen molar-refractivity contribution in [1.29, 1.82) is 0 Å². The zero-order chi connectivity index (χ0) is 24.2. The SMILES string of the molecule is CC1CCN(c2nc(N(C)Cc3ccccc3)nc3c2CN(C(=O)Cc2ccccc2)CC3)CC1. The van der Waals surface area contributed by atoms with Gasteiger partial charge in [0.1, 0.15) is 5.82 Å². The Kier molecular flexibility index (Phi) is 6.98. The lowest BCUT2D eigenvalue weighted by molar-refractivity contribution is -0.131. The zero-order valence-corrected chi connectivity index (χ0v) is 20.9. The van der Waals surface area contributed by atoms with E-state index in [0.29, 0.717) is 19.5 Å². The van der Waals surface area contributed by atoms with Gasteiger partial charge in [-0.3, -0.25) is 4.79 Å². The number of benzene rings is 2. The van der Waals surface area contributed by atoms with Crippen LogP contribution in [0.1, 0.15) is 42.1 Å². The van der Waals surface area contributed by atoms with E-state index in [1.165, 1.54) is 18.4 Å². The number of fused-ring (bicyclic) bond motifs is 1. The van der Waals surface area contributed by atoms with Crippen LogP contribution in [0.15, 0.2) is 60.7 Å². The number of amides is 1. The average Bonchev–Trinajstić information content (AvgIpc) is 2.89. The average molecular weight is 470 g/mol. The van der Waals surface area contributed by atoms with E-state index in [1.807, 2.05) is 41.3 Å². The molecule has 6 heteroatoms. The van der Waals surface area contributed by atoms with E-state index in [9.17, 15) is 4.79 Å². The molecule has 35 heavy (non-hydrogen) atoms. The molecule has 1 amide bonds. The van der Waals surface area contributed by atoms with Crippen LogP contribution in [0.4, 0.5) is 11.8 Å². The van der Waals surface area contributed by atoms with Crippen molar-refractivity contribution < 1.29 is 4.79 Å². The Balaban J connectivity index is 1.41. The highest BCUT2D eigenvalue weighted by atomic mass is 16.2. The van der Waals surface area contributed by atoms with Gasteiger partial charge < -0.3 is 14.7 Å². The molecule has 182 valence electrons. The van der Waals surface area contributed by atoms with Gasteiger partial charge in [0, 0.05) is 45.2 Å². The van der Waals surface area contributed by atoms with Crippen molar-refractivity contribution >= 4 is 17.7 Å². The topological polar surface area (TPSA) is 52.6 Å². The lowest BCUT2D eigenvalue weighted by atomic mass is 9.98. The quantitative estimate of drug-likeness (QED) is 0.533. The summed E-state index contributed by atoms with van der Waals surface area (Å²) in [4.78, 5) is 29.8. The van der Waals surface area contributed by atoms with Gasteiger partial charge in [-0.1, -0.05) is 67.6 Å². The molecule has 1 saturated heterocycles. The van der Waals surface area contributed by atoms with Gasteiger partial charge in [-0.25, -0.2) is 4.98 Å². The Hall–Kier alpha value is -3.41. The molecule has 3 aromatic rings. The maximum atomic E-state index is 13.1. The van der Waals surface area contributed by atoms with Crippen LogP contribution in [0.25, 0.3) is 0 Å². The van der Waals surface area contributed by atoms with Crippen molar-refractivity contribution in [3.8, 4) is 0 Å². The molecule has 0 N–H and O–H groups in total. The standard InChI is InChI=1S/C29H35N5O/c1-22-13-16-33(17-14-22)28-25-21-34(27(35)19-23-9-5-3-6-10-23)18-15-26(25)30-29(31-28)32(2)20-24-11-7-4-8-12-24/h3-12,22H,13-21H2,1-2H3. The summed E-state index contributed by atoms with van der Waals surface area (Å²) in [5, 5.41) is 0. The fourth-order valence-corrected chi connectivity index (χ4v) is 5.06. The molecule has 2 aliphatic heterocycles. The van der Waals surface area contributed by atoms with Crippen LogP contribution in [-0.4, -0.2) is 47.5 Å². The minimum absolute atomic E-state index is 0.172. The van der Waals surface area contributed by atoms with E-state index >= 15 is 0 Å². The van der Waals surface area contributed by atoms with Crippen LogP contribution in [0, 0.1) is 5.92 Å². The van der Waals surface area contributed by atoms with Crippen LogP contribution in [-0.2, 0) is 30.7 Å². The number of rotatable bonds is 6. The van der Waals surface area contributed by atoms with Gasteiger partial charge in [-0.05, 0) is 29.9 Å². The van der Waals surface area contributed by atoms with E-state index in [2.05, 4.69) is 48.0 Å². The predicted octanol–water partition coefficient (Wildman–Crippen LogP) is 4.48. The van der Waals surface area contributed by atoms with Gasteiger partial charge >= 0.3 is 0 Å². The van der Waals surface area contributed by atoms with Crippen LogP contribution in [0.3, 0.4) is 0 Å². The normalized spacial score (nSPS) is 16.2. The lowest BCUT2D eigenvalue weighted by Crippen LogP contribution is -2.40. The highest BCUT2D eigenvalue weighted by Crippen LogP contribution is 2.32. The number of anilines is 2. The summed E-state index contributed by atoms with van der Waals surface area (Å²) < 4.78 is 0. The fourth-order valence-electron chi connectivity index (χ4n) is 5.06. The molecule has 0 unspecified atom stereocenters. The second kappa shape index (κ2) is 10.5.